The maximum atomic E-state index is 11.9. The van der Waals surface area contributed by atoms with Crippen LogP contribution in [0.15, 0.2) is 40.0 Å². The molecule has 19 heavy (non-hydrogen) atoms. The zero-order valence-electron chi connectivity index (χ0n) is 9.46. The molecule has 0 radical (unpaired) electrons. The lowest BCUT2D eigenvalue weighted by atomic mass is 10.1. The molecule has 1 N–H and O–H groups in total. The Morgan fingerprint density at radius 3 is 3.05 bits per heavy atom. The minimum absolute atomic E-state index is 0.215. The van der Waals surface area contributed by atoms with Gasteiger partial charge in [0.2, 0.25) is 10.4 Å². The van der Waals surface area contributed by atoms with E-state index in [0.717, 1.165) is 5.56 Å². The van der Waals surface area contributed by atoms with Crippen LogP contribution < -0.4 is 5.56 Å². The van der Waals surface area contributed by atoms with Crippen molar-refractivity contribution < 1.29 is 0 Å². The third-order valence-corrected chi connectivity index (χ3v) is 2.95. The molecule has 1 aromatic carbocycles. The number of H-pyrrole nitrogens is 1. The molecular formula is C12H6BrN5O. The van der Waals surface area contributed by atoms with Crippen molar-refractivity contribution in [3.63, 3.8) is 0 Å². The number of nitrogens with one attached hydrogen (secondary N) is 1. The summed E-state index contributed by atoms with van der Waals surface area (Å²) in [7, 11) is 0. The minimum Gasteiger partial charge on any atom is -0.317 e. The van der Waals surface area contributed by atoms with Gasteiger partial charge in [-0.15, -0.1) is 5.10 Å². The van der Waals surface area contributed by atoms with Crippen molar-refractivity contribution in [2.45, 2.75) is 0 Å². The quantitative estimate of drug-likeness (QED) is 0.740. The molecule has 0 saturated carbocycles. The Bertz CT molecular complexity index is 874. The van der Waals surface area contributed by atoms with Crippen molar-refractivity contribution in [1.29, 1.82) is 5.26 Å². The standard InChI is InChI=1S/C12H6BrN5O/c13-12-16-10-11(19)15-9(6-18(10)17-12)8-3-1-2-7(4-8)5-14/h1-4,6H,(H,15,19). The fourth-order valence-electron chi connectivity index (χ4n) is 1.78. The van der Waals surface area contributed by atoms with Gasteiger partial charge >= 0.3 is 0 Å². The topological polar surface area (TPSA) is 86.8 Å². The van der Waals surface area contributed by atoms with E-state index < -0.39 is 0 Å². The molecule has 0 aliphatic carbocycles. The van der Waals surface area contributed by atoms with Crippen LogP contribution in [0, 0.1) is 11.3 Å². The van der Waals surface area contributed by atoms with Gasteiger partial charge in [-0.2, -0.15) is 10.2 Å². The van der Waals surface area contributed by atoms with Crippen LogP contribution in [0.4, 0.5) is 0 Å². The molecule has 6 nitrogen and oxygen atoms in total. The molecule has 0 unspecified atom stereocenters. The average Bonchev–Trinajstić information content (AvgIpc) is 2.80. The molecule has 0 aliphatic heterocycles. The first kappa shape index (κ1) is 11.6. The summed E-state index contributed by atoms with van der Waals surface area (Å²) in [5, 5.41) is 12.9. The zero-order chi connectivity index (χ0) is 13.4. The monoisotopic (exact) mass is 315 g/mol. The van der Waals surface area contributed by atoms with Gasteiger partial charge in [-0.3, -0.25) is 4.79 Å². The molecule has 2 aromatic heterocycles. The second-order valence-electron chi connectivity index (χ2n) is 3.84. The summed E-state index contributed by atoms with van der Waals surface area (Å²) in [6, 6.07) is 9.02. The summed E-state index contributed by atoms with van der Waals surface area (Å²) in [5.41, 5.74) is 1.72. The van der Waals surface area contributed by atoms with Crippen molar-refractivity contribution in [2.24, 2.45) is 0 Å². The van der Waals surface area contributed by atoms with Crippen LogP contribution in [0.1, 0.15) is 5.56 Å². The predicted molar refractivity (Wildman–Crippen MR) is 71.5 cm³/mol. The summed E-state index contributed by atoms with van der Waals surface area (Å²) < 4.78 is 1.75. The highest BCUT2D eigenvalue weighted by Crippen LogP contribution is 2.17. The number of aromatic nitrogens is 4. The van der Waals surface area contributed by atoms with Crippen LogP contribution in [0.25, 0.3) is 16.9 Å². The molecule has 0 atom stereocenters. The van der Waals surface area contributed by atoms with E-state index in [2.05, 4.69) is 37.1 Å². The molecule has 3 rings (SSSR count). The number of hydrogen-bond donors (Lipinski definition) is 1. The van der Waals surface area contributed by atoms with Crippen LogP contribution in [-0.2, 0) is 0 Å². The van der Waals surface area contributed by atoms with E-state index in [1.165, 1.54) is 4.52 Å². The number of halogens is 1. The average molecular weight is 316 g/mol. The molecule has 7 heteroatoms. The molecule has 0 amide bonds. The first-order valence-corrected chi connectivity index (χ1v) is 6.12. The van der Waals surface area contributed by atoms with Gasteiger partial charge < -0.3 is 4.98 Å². The molecule has 0 fully saturated rings. The molecule has 0 spiro atoms. The van der Waals surface area contributed by atoms with Gasteiger partial charge in [-0.05, 0) is 28.1 Å². The van der Waals surface area contributed by atoms with E-state index >= 15 is 0 Å². The second kappa shape index (κ2) is 4.33. The number of fused-ring (bicyclic) bond motifs is 1. The number of nitriles is 1. The lowest BCUT2D eigenvalue weighted by Crippen LogP contribution is -2.11. The van der Waals surface area contributed by atoms with Crippen molar-refractivity contribution >= 4 is 21.6 Å². The van der Waals surface area contributed by atoms with E-state index in [1.807, 2.05) is 6.07 Å². The van der Waals surface area contributed by atoms with E-state index in [9.17, 15) is 4.79 Å². The fourth-order valence-corrected chi connectivity index (χ4v) is 2.12. The highest BCUT2D eigenvalue weighted by atomic mass is 79.9. The summed E-state index contributed by atoms with van der Waals surface area (Å²) >= 11 is 3.12. The lowest BCUT2D eigenvalue weighted by Gasteiger charge is -2.02. The predicted octanol–water partition coefficient (Wildman–Crippen LogP) is 1.72. The first-order valence-electron chi connectivity index (χ1n) is 5.33. The third kappa shape index (κ3) is 2.02. The van der Waals surface area contributed by atoms with Crippen molar-refractivity contribution in [1.82, 2.24) is 19.6 Å². The summed E-state index contributed by atoms with van der Waals surface area (Å²) in [6.45, 7) is 0. The van der Waals surface area contributed by atoms with Gasteiger partial charge in [-0.25, -0.2) is 4.52 Å². The largest absolute Gasteiger partial charge is 0.317 e. The van der Waals surface area contributed by atoms with Gasteiger partial charge in [0, 0.05) is 5.56 Å². The van der Waals surface area contributed by atoms with Crippen LogP contribution in [0.2, 0.25) is 0 Å². The number of aromatic amines is 1. The molecular weight excluding hydrogens is 310 g/mol. The van der Waals surface area contributed by atoms with E-state index in [0.29, 0.717) is 16.0 Å². The SMILES string of the molecule is N#Cc1cccc(-c2cn3nc(Br)nc3c(=O)[nH]2)c1. The highest BCUT2D eigenvalue weighted by Gasteiger charge is 2.08. The zero-order valence-corrected chi connectivity index (χ0v) is 11.0. The number of rotatable bonds is 1. The Hall–Kier alpha value is -2.46. The number of hydrogen-bond acceptors (Lipinski definition) is 4. The molecule has 2 heterocycles. The van der Waals surface area contributed by atoms with Crippen LogP contribution >= 0.6 is 15.9 Å². The molecule has 3 aromatic rings. The molecule has 0 aliphatic rings. The lowest BCUT2D eigenvalue weighted by molar-refractivity contribution is 0.927. The molecule has 0 bridgehead atoms. The van der Waals surface area contributed by atoms with Gasteiger partial charge in [0.1, 0.15) is 0 Å². The Morgan fingerprint density at radius 2 is 2.26 bits per heavy atom. The normalized spacial score (nSPS) is 10.5. The Balaban J connectivity index is 2.25. The van der Waals surface area contributed by atoms with E-state index in [4.69, 9.17) is 5.26 Å². The van der Waals surface area contributed by atoms with Crippen LogP contribution in [0.5, 0.6) is 0 Å². The van der Waals surface area contributed by atoms with Gasteiger partial charge in [-0.1, -0.05) is 12.1 Å². The first-order chi connectivity index (χ1) is 9.17. The van der Waals surface area contributed by atoms with Gasteiger partial charge in [0.05, 0.1) is 23.5 Å². The van der Waals surface area contributed by atoms with Crippen molar-refractivity contribution in [3.8, 4) is 17.3 Å². The van der Waals surface area contributed by atoms with Crippen molar-refractivity contribution in [2.75, 3.05) is 0 Å². The smallest absolute Gasteiger partial charge is 0.293 e. The number of benzene rings is 1. The molecule has 92 valence electrons. The highest BCUT2D eigenvalue weighted by molar-refractivity contribution is 9.10. The number of nitrogens with zero attached hydrogens (tertiary/aromatic N) is 4. The summed E-state index contributed by atoms with van der Waals surface area (Å²) in [6.07, 6.45) is 1.66. The Kier molecular flexibility index (Phi) is 2.65. The minimum atomic E-state index is -0.335. The second-order valence-corrected chi connectivity index (χ2v) is 4.55. The Labute approximate surface area is 115 Å². The van der Waals surface area contributed by atoms with Gasteiger partial charge in [0.25, 0.3) is 5.56 Å². The van der Waals surface area contributed by atoms with E-state index in [-0.39, 0.29) is 11.2 Å². The molecule has 0 saturated heterocycles. The maximum absolute atomic E-state index is 11.9. The third-order valence-electron chi connectivity index (χ3n) is 2.61. The Morgan fingerprint density at radius 1 is 1.42 bits per heavy atom. The summed E-state index contributed by atoms with van der Waals surface area (Å²) in [4.78, 5) is 18.6. The fraction of sp³-hybridized carbons (Fsp3) is 0. The van der Waals surface area contributed by atoms with E-state index in [1.54, 1.807) is 24.4 Å². The van der Waals surface area contributed by atoms with Gasteiger partial charge in [0.15, 0.2) is 0 Å². The van der Waals surface area contributed by atoms with Crippen LogP contribution in [0.3, 0.4) is 0 Å². The van der Waals surface area contributed by atoms with Crippen LogP contribution in [-0.4, -0.2) is 19.6 Å². The summed E-state index contributed by atoms with van der Waals surface area (Å²) in [5.74, 6) is 0. The van der Waals surface area contributed by atoms with Crippen molar-refractivity contribution in [3.05, 3.63) is 51.1 Å². The maximum Gasteiger partial charge on any atom is 0.293 e.